The summed E-state index contributed by atoms with van der Waals surface area (Å²) in [4.78, 5) is 18.8. The van der Waals surface area contributed by atoms with Gasteiger partial charge in [-0.1, -0.05) is 11.6 Å². The van der Waals surface area contributed by atoms with E-state index in [1.54, 1.807) is 0 Å². The molecule has 2 aliphatic heterocycles. The van der Waals surface area contributed by atoms with Gasteiger partial charge in [-0.3, -0.25) is 9.47 Å². The Hall–Kier alpha value is -2.17. The van der Waals surface area contributed by atoms with Gasteiger partial charge in [0.05, 0.1) is 21.4 Å². The minimum Gasteiger partial charge on any atom is -0.297 e. The lowest BCUT2D eigenvalue weighted by Gasteiger charge is -2.33. The molecule has 4 nitrogen and oxygen atoms in total. The van der Waals surface area contributed by atoms with Gasteiger partial charge in [0.2, 0.25) is 0 Å². The molecule has 0 spiro atoms. The van der Waals surface area contributed by atoms with Crippen molar-refractivity contribution in [2.75, 3.05) is 13.1 Å². The second kappa shape index (κ2) is 8.25. The third kappa shape index (κ3) is 4.02. The Kier molecular flexibility index (Phi) is 5.65. The van der Waals surface area contributed by atoms with Crippen molar-refractivity contribution in [3.05, 3.63) is 68.7 Å². The lowest BCUT2D eigenvalue weighted by atomic mass is 10.0. The minimum atomic E-state index is -4.62. The third-order valence-corrected chi connectivity index (χ3v) is 7.85. The number of thioether (sulfide) groups is 1. The molecule has 1 fully saturated rings. The standard InChI is InChI=1S/C22H17ClF5N3OS/c23-14-7-13(15(24)8-16(14)25)20-17(30-3-1-2-4-30)10-31-19-11(9-29-21(31)32)5-12(22(26,27)28)6-18(19)33-20/h5-9,17,20H,1-4,10H2. The van der Waals surface area contributed by atoms with E-state index in [2.05, 4.69) is 9.88 Å². The number of halogens is 6. The molecule has 3 heterocycles. The van der Waals surface area contributed by atoms with Crippen LogP contribution < -0.4 is 5.69 Å². The molecule has 0 saturated carbocycles. The number of likely N-dealkylation sites (tertiary alicyclic amines) is 1. The fourth-order valence-corrected chi connectivity index (χ4v) is 6.34. The van der Waals surface area contributed by atoms with Gasteiger partial charge in [0, 0.05) is 40.7 Å². The Bertz CT molecular complexity index is 1310. The smallest absolute Gasteiger partial charge is 0.297 e. The highest BCUT2D eigenvalue weighted by atomic mass is 35.5. The van der Waals surface area contributed by atoms with Crippen molar-refractivity contribution in [1.29, 1.82) is 0 Å². The van der Waals surface area contributed by atoms with Crippen LogP contribution in [-0.2, 0) is 12.7 Å². The van der Waals surface area contributed by atoms with Crippen LogP contribution in [0, 0.1) is 11.6 Å². The predicted molar refractivity (Wildman–Crippen MR) is 116 cm³/mol. The van der Waals surface area contributed by atoms with Crippen LogP contribution in [0.15, 0.2) is 40.2 Å². The Morgan fingerprint density at radius 2 is 1.79 bits per heavy atom. The number of alkyl halides is 3. The van der Waals surface area contributed by atoms with Gasteiger partial charge < -0.3 is 0 Å². The first-order valence-corrected chi connectivity index (χ1v) is 11.5. The van der Waals surface area contributed by atoms with Crippen molar-refractivity contribution in [2.24, 2.45) is 0 Å². The molecule has 0 aliphatic carbocycles. The lowest BCUT2D eigenvalue weighted by molar-refractivity contribution is -0.137. The van der Waals surface area contributed by atoms with Crippen LogP contribution in [-0.4, -0.2) is 33.6 Å². The van der Waals surface area contributed by atoms with Crippen molar-refractivity contribution in [1.82, 2.24) is 14.5 Å². The summed E-state index contributed by atoms with van der Waals surface area (Å²) >= 11 is 6.99. The molecule has 33 heavy (non-hydrogen) atoms. The normalized spacial score (nSPS) is 21.5. The summed E-state index contributed by atoms with van der Waals surface area (Å²) in [7, 11) is 0. The Labute approximate surface area is 194 Å². The van der Waals surface area contributed by atoms with E-state index in [0.717, 1.165) is 42.9 Å². The van der Waals surface area contributed by atoms with Gasteiger partial charge >= 0.3 is 11.9 Å². The average Bonchev–Trinajstić information content (AvgIpc) is 3.22. The molecule has 174 valence electrons. The first-order valence-electron chi connectivity index (χ1n) is 10.3. The van der Waals surface area contributed by atoms with E-state index in [0.29, 0.717) is 24.7 Å². The number of rotatable bonds is 2. The van der Waals surface area contributed by atoms with E-state index in [1.807, 2.05) is 0 Å². The number of benzene rings is 2. The quantitative estimate of drug-likeness (QED) is 0.335. The Morgan fingerprint density at radius 1 is 1.06 bits per heavy atom. The fraction of sp³-hybridized carbons (Fsp3) is 0.364. The number of hydrogen-bond acceptors (Lipinski definition) is 4. The molecule has 11 heteroatoms. The highest BCUT2D eigenvalue weighted by Gasteiger charge is 2.38. The summed E-state index contributed by atoms with van der Waals surface area (Å²) in [6.45, 7) is 1.49. The van der Waals surface area contributed by atoms with Crippen molar-refractivity contribution in [3.8, 4) is 0 Å². The summed E-state index contributed by atoms with van der Waals surface area (Å²) in [5.41, 5.74) is -1.07. The first kappa shape index (κ1) is 22.6. The number of nitrogens with zero attached hydrogens (tertiary/aromatic N) is 3. The highest BCUT2D eigenvalue weighted by Crippen LogP contribution is 2.48. The molecule has 1 aromatic heterocycles. The maximum atomic E-state index is 15.0. The van der Waals surface area contributed by atoms with E-state index in [-0.39, 0.29) is 27.4 Å². The third-order valence-electron chi connectivity index (χ3n) is 6.18. The van der Waals surface area contributed by atoms with E-state index < -0.39 is 40.4 Å². The van der Waals surface area contributed by atoms with E-state index in [9.17, 15) is 26.7 Å². The molecule has 2 aromatic carbocycles. The largest absolute Gasteiger partial charge is 0.416 e. The molecule has 2 aliphatic rings. The molecule has 0 bridgehead atoms. The minimum absolute atomic E-state index is 0.0858. The maximum Gasteiger partial charge on any atom is 0.416 e. The molecule has 0 amide bonds. The van der Waals surface area contributed by atoms with Crippen LogP contribution >= 0.6 is 23.4 Å². The van der Waals surface area contributed by atoms with Crippen molar-refractivity contribution >= 4 is 34.3 Å². The Morgan fingerprint density at radius 3 is 2.48 bits per heavy atom. The zero-order chi connectivity index (χ0) is 23.5. The highest BCUT2D eigenvalue weighted by molar-refractivity contribution is 7.99. The van der Waals surface area contributed by atoms with Gasteiger partial charge in [0.25, 0.3) is 0 Å². The van der Waals surface area contributed by atoms with Crippen LogP contribution in [0.2, 0.25) is 5.02 Å². The molecule has 2 unspecified atom stereocenters. The van der Waals surface area contributed by atoms with Gasteiger partial charge in [0.15, 0.2) is 0 Å². The molecular formula is C22H17ClF5N3OS. The maximum absolute atomic E-state index is 15.0. The summed E-state index contributed by atoms with van der Waals surface area (Å²) in [6, 6.07) is 3.37. The zero-order valence-corrected chi connectivity index (χ0v) is 18.6. The van der Waals surface area contributed by atoms with Crippen molar-refractivity contribution in [2.45, 2.75) is 41.7 Å². The number of aromatic nitrogens is 2. The molecule has 2 atom stereocenters. The van der Waals surface area contributed by atoms with Gasteiger partial charge in [-0.05, 0) is 44.1 Å². The summed E-state index contributed by atoms with van der Waals surface area (Å²) < 4.78 is 71.1. The van der Waals surface area contributed by atoms with Crippen molar-refractivity contribution < 1.29 is 22.0 Å². The van der Waals surface area contributed by atoms with E-state index in [1.165, 1.54) is 10.6 Å². The average molecular weight is 502 g/mol. The second-order valence-corrected chi connectivity index (χ2v) is 9.79. The van der Waals surface area contributed by atoms with Crippen LogP contribution in [0.25, 0.3) is 10.9 Å². The molecule has 0 radical (unpaired) electrons. The molecule has 1 saturated heterocycles. The SMILES string of the molecule is O=c1ncc2cc(C(F)(F)F)cc3c2n1CC(N1CCCC1)C(c1cc(Cl)c(F)cc1F)S3. The predicted octanol–water partition coefficient (Wildman–Crippen LogP) is 5.66. The number of hydrogen-bond donors (Lipinski definition) is 0. The molecule has 0 N–H and O–H groups in total. The summed E-state index contributed by atoms with van der Waals surface area (Å²) in [5.74, 6) is -1.75. The second-order valence-electron chi connectivity index (χ2n) is 8.20. The van der Waals surface area contributed by atoms with Gasteiger partial charge in [-0.15, -0.1) is 11.8 Å². The molecule has 3 aromatic rings. The van der Waals surface area contributed by atoms with Gasteiger partial charge in [-0.2, -0.15) is 13.2 Å². The fourth-order valence-electron chi connectivity index (χ4n) is 4.63. The summed E-state index contributed by atoms with van der Waals surface area (Å²) in [5, 5.41) is -0.834. The van der Waals surface area contributed by atoms with Crippen LogP contribution in [0.4, 0.5) is 22.0 Å². The Balaban J connectivity index is 1.76. The van der Waals surface area contributed by atoms with Crippen LogP contribution in [0.5, 0.6) is 0 Å². The molecule has 5 rings (SSSR count). The summed E-state index contributed by atoms with van der Waals surface area (Å²) in [6.07, 6.45) is -1.67. The zero-order valence-electron chi connectivity index (χ0n) is 17.0. The monoisotopic (exact) mass is 501 g/mol. The van der Waals surface area contributed by atoms with Crippen molar-refractivity contribution in [3.63, 3.8) is 0 Å². The van der Waals surface area contributed by atoms with E-state index >= 15 is 0 Å². The lowest BCUT2D eigenvalue weighted by Crippen LogP contribution is -2.41. The van der Waals surface area contributed by atoms with E-state index in [4.69, 9.17) is 11.6 Å². The topological polar surface area (TPSA) is 38.1 Å². The van der Waals surface area contributed by atoms with Gasteiger partial charge in [-0.25, -0.2) is 18.6 Å². The van der Waals surface area contributed by atoms with Gasteiger partial charge in [0.1, 0.15) is 11.6 Å². The first-order chi connectivity index (χ1) is 15.6. The van der Waals surface area contributed by atoms with Crippen LogP contribution in [0.3, 0.4) is 0 Å². The molecular weight excluding hydrogens is 485 g/mol. The van der Waals surface area contributed by atoms with Crippen LogP contribution in [0.1, 0.15) is 29.2 Å².